The van der Waals surface area contributed by atoms with Gasteiger partial charge in [0, 0.05) is 17.4 Å². The summed E-state index contributed by atoms with van der Waals surface area (Å²) in [5.41, 5.74) is 0.771. The first-order valence-corrected chi connectivity index (χ1v) is 12.6. The number of anilines is 2. The van der Waals surface area contributed by atoms with Crippen LogP contribution in [0.3, 0.4) is 0 Å². The predicted octanol–water partition coefficient (Wildman–Crippen LogP) is 3.98. The van der Waals surface area contributed by atoms with Crippen molar-refractivity contribution < 1.29 is 27.5 Å². The van der Waals surface area contributed by atoms with E-state index in [0.717, 1.165) is 4.90 Å². The van der Waals surface area contributed by atoms with Gasteiger partial charge >= 0.3 is 0 Å². The van der Waals surface area contributed by atoms with Crippen LogP contribution in [0.25, 0.3) is 0 Å². The quantitative estimate of drug-likeness (QED) is 0.566. The molecule has 0 saturated carbocycles. The van der Waals surface area contributed by atoms with E-state index >= 15 is 0 Å². The summed E-state index contributed by atoms with van der Waals surface area (Å²) in [7, 11) is -0.867. The van der Waals surface area contributed by atoms with Crippen LogP contribution in [0.5, 0.6) is 11.5 Å². The number of carbonyl (C=O) groups excluding carboxylic acids is 2. The summed E-state index contributed by atoms with van der Waals surface area (Å²) in [4.78, 5) is 25.4. The number of rotatable bonds is 8. The monoisotopic (exact) mass is 498 g/mol. The second-order valence-corrected chi connectivity index (χ2v) is 10.7. The third-order valence-corrected chi connectivity index (χ3v) is 8.30. The molecule has 1 aliphatic rings. The number of hydrogen-bond acceptors (Lipinski definition) is 7. The Balaban J connectivity index is 1.69. The van der Waals surface area contributed by atoms with Gasteiger partial charge in [-0.2, -0.15) is 0 Å². The number of carbonyl (C=O) groups is 2. The minimum absolute atomic E-state index is 0.0463. The van der Waals surface area contributed by atoms with Crippen LogP contribution in [0.15, 0.2) is 40.1 Å². The van der Waals surface area contributed by atoms with Crippen molar-refractivity contribution in [3.05, 3.63) is 35.4 Å². The van der Waals surface area contributed by atoms with Gasteiger partial charge in [0.25, 0.3) is 0 Å². The highest BCUT2D eigenvalue weighted by atomic mass is 35.5. The van der Waals surface area contributed by atoms with E-state index in [1.165, 1.54) is 50.2 Å². The molecule has 2 N–H and O–H groups in total. The molecule has 0 saturated heterocycles. The number of hydrogen-bond donors (Lipinski definition) is 2. The number of halogens is 1. The summed E-state index contributed by atoms with van der Waals surface area (Å²) < 4.78 is 35.9. The van der Waals surface area contributed by atoms with E-state index in [1.807, 2.05) is 6.92 Å². The van der Waals surface area contributed by atoms with E-state index in [4.69, 9.17) is 21.1 Å². The molecule has 1 heterocycles. The Morgan fingerprint density at radius 1 is 1.19 bits per heavy atom. The number of amides is 2. The molecule has 2 amide bonds. The molecule has 8 nitrogen and oxygen atoms in total. The van der Waals surface area contributed by atoms with E-state index < -0.39 is 21.5 Å². The van der Waals surface area contributed by atoms with Crippen LogP contribution in [0.4, 0.5) is 11.4 Å². The molecular weight excluding hydrogens is 476 g/mol. The van der Waals surface area contributed by atoms with Gasteiger partial charge in [0.1, 0.15) is 11.5 Å². The first kappa shape index (κ1) is 24.2. The Morgan fingerprint density at radius 2 is 1.91 bits per heavy atom. The summed E-state index contributed by atoms with van der Waals surface area (Å²) in [6.07, 6.45) is 0.403. The molecule has 0 spiro atoms. The Labute approximate surface area is 195 Å². The van der Waals surface area contributed by atoms with Crippen molar-refractivity contribution in [3.8, 4) is 11.5 Å². The summed E-state index contributed by atoms with van der Waals surface area (Å²) >= 11 is 7.51. The fraction of sp³-hybridized carbons (Fsp3) is 0.333. The van der Waals surface area contributed by atoms with Gasteiger partial charge in [0.15, 0.2) is 9.84 Å². The number of thioether (sulfide) groups is 1. The predicted molar refractivity (Wildman–Crippen MR) is 125 cm³/mol. The van der Waals surface area contributed by atoms with Gasteiger partial charge in [0.2, 0.25) is 11.8 Å². The summed E-state index contributed by atoms with van der Waals surface area (Å²) in [6.45, 7) is 1.92. The molecule has 172 valence electrons. The van der Waals surface area contributed by atoms with Crippen molar-refractivity contribution in [2.45, 2.75) is 34.8 Å². The maximum atomic E-state index is 12.8. The van der Waals surface area contributed by atoms with Crippen molar-refractivity contribution in [2.75, 3.05) is 30.6 Å². The zero-order valence-corrected chi connectivity index (χ0v) is 20.1. The topological polar surface area (TPSA) is 111 Å². The largest absolute Gasteiger partial charge is 0.495 e. The minimum atomic E-state index is -3.75. The van der Waals surface area contributed by atoms with E-state index in [1.54, 1.807) is 6.07 Å². The van der Waals surface area contributed by atoms with E-state index in [-0.39, 0.29) is 27.5 Å². The highest BCUT2D eigenvalue weighted by molar-refractivity contribution is 8.01. The molecule has 0 radical (unpaired) electrons. The van der Waals surface area contributed by atoms with Crippen molar-refractivity contribution in [3.63, 3.8) is 0 Å². The third-order valence-electron chi connectivity index (χ3n) is 4.85. The fourth-order valence-corrected chi connectivity index (χ4v) is 5.63. The van der Waals surface area contributed by atoms with E-state index in [9.17, 15) is 18.0 Å². The molecule has 0 bridgehead atoms. The molecule has 3 rings (SSSR count). The van der Waals surface area contributed by atoms with Gasteiger partial charge in [-0.1, -0.05) is 18.5 Å². The maximum Gasteiger partial charge on any atom is 0.237 e. The SMILES string of the molecule is CC[C@@H]1Sc2ccc(S(=O)(=O)CCC(=O)Nc3cc(Cl)c(OC)cc3OC)cc2NC1=O. The average Bonchev–Trinajstić information content (AvgIpc) is 2.77. The second kappa shape index (κ2) is 10.0. The standard InChI is InChI=1S/C21H23ClN2O6S2/c1-4-18-21(26)24-15-9-12(5-6-19(15)31-18)32(27,28)8-7-20(25)23-14-10-13(22)16(29-2)11-17(14)30-3/h5-6,9-11,18H,4,7-8H2,1-3H3,(H,23,25)(H,24,26)/t18-/m0/s1. The molecule has 0 aromatic heterocycles. The van der Waals surface area contributed by atoms with E-state index in [0.29, 0.717) is 29.3 Å². The minimum Gasteiger partial charge on any atom is -0.495 e. The summed E-state index contributed by atoms with van der Waals surface area (Å²) in [6, 6.07) is 7.61. The van der Waals surface area contributed by atoms with Gasteiger partial charge in [-0.15, -0.1) is 11.8 Å². The lowest BCUT2D eigenvalue weighted by Gasteiger charge is -2.23. The molecule has 32 heavy (non-hydrogen) atoms. The molecule has 1 aliphatic heterocycles. The van der Waals surface area contributed by atoms with Gasteiger partial charge in [-0.05, 0) is 30.7 Å². The highest BCUT2D eigenvalue weighted by Crippen LogP contribution is 2.38. The Kier molecular flexibility index (Phi) is 7.58. The smallest absolute Gasteiger partial charge is 0.237 e. The molecule has 0 aliphatic carbocycles. The lowest BCUT2D eigenvalue weighted by atomic mass is 10.2. The number of benzene rings is 2. The molecule has 2 aromatic carbocycles. The lowest BCUT2D eigenvalue weighted by Crippen LogP contribution is -2.28. The Bertz CT molecular complexity index is 1150. The van der Waals surface area contributed by atoms with Gasteiger partial charge in [-0.25, -0.2) is 8.42 Å². The number of sulfone groups is 1. The Morgan fingerprint density at radius 3 is 2.56 bits per heavy atom. The van der Waals surface area contributed by atoms with Crippen molar-refractivity contribution in [1.82, 2.24) is 0 Å². The third kappa shape index (κ3) is 5.31. The second-order valence-electron chi connectivity index (χ2n) is 6.97. The van der Waals surface area contributed by atoms with Crippen molar-refractivity contribution in [2.24, 2.45) is 0 Å². The van der Waals surface area contributed by atoms with Crippen LogP contribution in [0, 0.1) is 0 Å². The van der Waals surface area contributed by atoms with Crippen LogP contribution >= 0.6 is 23.4 Å². The first-order chi connectivity index (χ1) is 15.2. The molecule has 0 unspecified atom stereocenters. The maximum absolute atomic E-state index is 12.8. The van der Waals surface area contributed by atoms with Crippen LogP contribution in [0.1, 0.15) is 19.8 Å². The Hall–Kier alpha value is -2.43. The fourth-order valence-electron chi connectivity index (χ4n) is 3.11. The lowest BCUT2D eigenvalue weighted by molar-refractivity contribution is -0.116. The van der Waals surface area contributed by atoms with Crippen LogP contribution in [0.2, 0.25) is 5.02 Å². The average molecular weight is 499 g/mol. The molecule has 11 heteroatoms. The number of fused-ring (bicyclic) bond motifs is 1. The number of methoxy groups -OCH3 is 2. The van der Waals surface area contributed by atoms with Crippen molar-refractivity contribution >= 4 is 56.4 Å². The number of ether oxygens (including phenoxy) is 2. The normalized spacial score (nSPS) is 15.5. The van der Waals surface area contributed by atoms with Crippen LogP contribution in [-0.4, -0.2) is 45.5 Å². The first-order valence-electron chi connectivity index (χ1n) is 9.74. The molecule has 2 aromatic rings. The summed E-state index contributed by atoms with van der Waals surface area (Å²) in [5, 5.41) is 5.45. The zero-order chi connectivity index (χ0) is 23.5. The van der Waals surface area contributed by atoms with Gasteiger partial charge in [-0.3, -0.25) is 9.59 Å². The molecule has 0 fully saturated rings. The number of nitrogens with one attached hydrogen (secondary N) is 2. The van der Waals surface area contributed by atoms with Crippen LogP contribution < -0.4 is 20.1 Å². The van der Waals surface area contributed by atoms with E-state index in [2.05, 4.69) is 10.6 Å². The van der Waals surface area contributed by atoms with Crippen LogP contribution in [-0.2, 0) is 19.4 Å². The van der Waals surface area contributed by atoms with Gasteiger partial charge in [0.05, 0.1) is 46.5 Å². The molecule has 1 atom stereocenters. The summed E-state index contributed by atoms with van der Waals surface area (Å²) in [5.74, 6) is -0.350. The molecular formula is C21H23ClN2O6S2. The highest BCUT2D eigenvalue weighted by Gasteiger charge is 2.27. The van der Waals surface area contributed by atoms with Crippen molar-refractivity contribution in [1.29, 1.82) is 0 Å². The van der Waals surface area contributed by atoms with Gasteiger partial charge < -0.3 is 20.1 Å². The zero-order valence-electron chi connectivity index (χ0n) is 17.7.